The molecule has 120 valence electrons. The number of carbonyl (C=O) groups is 4. The van der Waals surface area contributed by atoms with Crippen LogP contribution < -0.4 is 16.9 Å². The number of carboxylic acids is 2. The van der Waals surface area contributed by atoms with E-state index in [1.54, 1.807) is 0 Å². The van der Waals surface area contributed by atoms with E-state index in [-0.39, 0.29) is 18.6 Å². The Balaban J connectivity index is 4.42. The van der Waals surface area contributed by atoms with E-state index in [0.29, 0.717) is 5.01 Å². The van der Waals surface area contributed by atoms with E-state index >= 15 is 0 Å². The van der Waals surface area contributed by atoms with E-state index in [1.807, 2.05) is 0 Å². The number of amides is 2. The molecule has 0 radical (unpaired) electrons. The van der Waals surface area contributed by atoms with Gasteiger partial charge in [-0.25, -0.2) is 5.84 Å². The molecule has 0 aliphatic carbocycles. The number of thiol groups is 1. The highest BCUT2D eigenvalue weighted by Crippen LogP contribution is 1.99. The SMILES string of the molecule is NC(CCC(=O)NC(CS)C(=O)N(N)CC(=O)O)C(=O)O. The van der Waals surface area contributed by atoms with Crippen molar-refractivity contribution in [2.24, 2.45) is 11.6 Å². The second-order valence-electron chi connectivity index (χ2n) is 4.15. The molecule has 0 aromatic rings. The maximum absolute atomic E-state index is 11.7. The second kappa shape index (κ2) is 9.15. The molecule has 0 heterocycles. The summed E-state index contributed by atoms with van der Waals surface area (Å²) in [4.78, 5) is 44.2. The zero-order valence-electron chi connectivity index (χ0n) is 11.1. The van der Waals surface area contributed by atoms with Crippen LogP contribution in [0, 0.1) is 0 Å². The van der Waals surface area contributed by atoms with Crippen molar-refractivity contribution >= 4 is 36.4 Å². The standard InChI is InChI=1S/C10H18N4O6S/c11-5(10(19)20)1-2-7(15)13-6(4-21)9(18)14(12)3-8(16)17/h5-6,21H,1-4,11-12H2,(H,13,15)(H,16,17)(H,19,20). The summed E-state index contributed by atoms with van der Waals surface area (Å²) in [6.07, 6.45) is -0.301. The molecule has 21 heavy (non-hydrogen) atoms. The molecule has 0 saturated carbocycles. The van der Waals surface area contributed by atoms with Crippen molar-refractivity contribution in [3.63, 3.8) is 0 Å². The number of carbonyl (C=O) groups excluding carboxylic acids is 2. The quantitative estimate of drug-likeness (QED) is 0.116. The van der Waals surface area contributed by atoms with Crippen LogP contribution in [0.1, 0.15) is 12.8 Å². The maximum atomic E-state index is 11.7. The highest BCUT2D eigenvalue weighted by Gasteiger charge is 2.25. The summed E-state index contributed by atoms with van der Waals surface area (Å²) in [6, 6.07) is -2.29. The van der Waals surface area contributed by atoms with Crippen molar-refractivity contribution in [3.05, 3.63) is 0 Å². The van der Waals surface area contributed by atoms with Gasteiger partial charge in [0.2, 0.25) is 5.91 Å². The van der Waals surface area contributed by atoms with Crippen LogP contribution in [0.3, 0.4) is 0 Å². The first-order valence-corrected chi connectivity index (χ1v) is 6.48. The van der Waals surface area contributed by atoms with Gasteiger partial charge in [-0.2, -0.15) is 12.6 Å². The first-order chi connectivity index (χ1) is 9.68. The van der Waals surface area contributed by atoms with Crippen LogP contribution in [0.2, 0.25) is 0 Å². The predicted octanol–water partition coefficient (Wildman–Crippen LogP) is -2.62. The normalized spacial score (nSPS) is 13.1. The Bertz CT molecular complexity index is 418. The number of nitrogens with one attached hydrogen (secondary N) is 1. The third kappa shape index (κ3) is 7.48. The van der Waals surface area contributed by atoms with Crippen molar-refractivity contribution in [2.45, 2.75) is 24.9 Å². The molecule has 0 bridgehead atoms. The van der Waals surface area contributed by atoms with Gasteiger partial charge in [0.25, 0.3) is 5.91 Å². The number of rotatable bonds is 9. The van der Waals surface area contributed by atoms with Crippen LogP contribution in [-0.2, 0) is 19.2 Å². The maximum Gasteiger partial charge on any atom is 0.324 e. The minimum Gasteiger partial charge on any atom is -0.480 e. The zero-order chi connectivity index (χ0) is 16.6. The van der Waals surface area contributed by atoms with Gasteiger partial charge in [0.15, 0.2) is 0 Å². The van der Waals surface area contributed by atoms with Gasteiger partial charge in [0.1, 0.15) is 18.6 Å². The molecule has 0 saturated heterocycles. The van der Waals surface area contributed by atoms with Gasteiger partial charge >= 0.3 is 11.9 Å². The fourth-order valence-corrected chi connectivity index (χ4v) is 1.53. The van der Waals surface area contributed by atoms with Crippen molar-refractivity contribution in [3.8, 4) is 0 Å². The van der Waals surface area contributed by atoms with Gasteiger partial charge in [0, 0.05) is 12.2 Å². The molecule has 0 aromatic heterocycles. The minimum absolute atomic E-state index is 0.0944. The Morgan fingerprint density at radius 2 is 1.81 bits per heavy atom. The predicted molar refractivity (Wildman–Crippen MR) is 74.2 cm³/mol. The summed E-state index contributed by atoms with van der Waals surface area (Å²) in [5.74, 6) is 1.19. The minimum atomic E-state index is -1.30. The average Bonchev–Trinajstić information content (AvgIpc) is 2.40. The third-order valence-corrected chi connectivity index (χ3v) is 2.77. The Kier molecular flexibility index (Phi) is 8.35. The number of hydrogen-bond acceptors (Lipinski definition) is 7. The lowest BCUT2D eigenvalue weighted by molar-refractivity contribution is -0.145. The molecule has 11 heteroatoms. The summed E-state index contributed by atoms with van der Waals surface area (Å²) < 4.78 is 0. The summed E-state index contributed by atoms with van der Waals surface area (Å²) in [5.41, 5.74) is 5.24. The van der Waals surface area contributed by atoms with E-state index in [2.05, 4.69) is 17.9 Å². The van der Waals surface area contributed by atoms with Gasteiger partial charge in [-0.3, -0.25) is 24.2 Å². The molecule has 0 aliphatic heterocycles. The number of aliphatic carboxylic acids is 2. The van der Waals surface area contributed by atoms with E-state index in [4.69, 9.17) is 21.8 Å². The van der Waals surface area contributed by atoms with Crippen molar-refractivity contribution < 1.29 is 29.4 Å². The molecular formula is C10H18N4O6S. The van der Waals surface area contributed by atoms with Gasteiger partial charge in [-0.05, 0) is 6.42 Å². The highest BCUT2D eigenvalue weighted by atomic mass is 32.1. The van der Waals surface area contributed by atoms with E-state index < -0.39 is 42.4 Å². The summed E-state index contributed by atoms with van der Waals surface area (Å²) >= 11 is 3.87. The Hall–Kier alpha value is -1.85. The summed E-state index contributed by atoms with van der Waals surface area (Å²) in [7, 11) is 0. The molecule has 0 rings (SSSR count). The Morgan fingerprint density at radius 1 is 1.24 bits per heavy atom. The molecule has 0 aromatic carbocycles. The largest absolute Gasteiger partial charge is 0.480 e. The molecular weight excluding hydrogens is 304 g/mol. The monoisotopic (exact) mass is 322 g/mol. The number of hydrazine groups is 1. The third-order valence-electron chi connectivity index (χ3n) is 2.40. The van der Waals surface area contributed by atoms with E-state index in [1.165, 1.54) is 0 Å². The molecule has 2 unspecified atom stereocenters. The molecule has 0 spiro atoms. The number of hydrogen-bond donors (Lipinski definition) is 6. The van der Waals surface area contributed by atoms with Crippen LogP contribution in [-0.4, -0.2) is 63.4 Å². The second-order valence-corrected chi connectivity index (χ2v) is 4.51. The van der Waals surface area contributed by atoms with E-state index in [0.717, 1.165) is 0 Å². The van der Waals surface area contributed by atoms with Gasteiger partial charge in [0.05, 0.1) is 0 Å². The van der Waals surface area contributed by atoms with Crippen molar-refractivity contribution in [1.82, 2.24) is 10.3 Å². The average molecular weight is 322 g/mol. The number of nitrogens with zero attached hydrogens (tertiary/aromatic N) is 1. The Morgan fingerprint density at radius 3 is 2.24 bits per heavy atom. The van der Waals surface area contributed by atoms with Crippen LogP contribution in [0.25, 0.3) is 0 Å². The smallest absolute Gasteiger partial charge is 0.324 e. The first-order valence-electron chi connectivity index (χ1n) is 5.85. The lowest BCUT2D eigenvalue weighted by atomic mass is 10.1. The molecule has 7 N–H and O–H groups in total. The summed E-state index contributed by atoms with van der Waals surface area (Å²) in [5, 5.41) is 19.8. The van der Waals surface area contributed by atoms with Crippen LogP contribution in [0.4, 0.5) is 0 Å². The first kappa shape index (κ1) is 19.1. The highest BCUT2D eigenvalue weighted by molar-refractivity contribution is 7.80. The lowest BCUT2D eigenvalue weighted by Gasteiger charge is -2.21. The molecule has 0 aliphatic rings. The van der Waals surface area contributed by atoms with Crippen LogP contribution in [0.5, 0.6) is 0 Å². The fraction of sp³-hybridized carbons (Fsp3) is 0.600. The van der Waals surface area contributed by atoms with E-state index in [9.17, 15) is 19.2 Å². The van der Waals surface area contributed by atoms with Gasteiger partial charge in [-0.15, -0.1) is 0 Å². The topological polar surface area (TPSA) is 176 Å². The zero-order valence-corrected chi connectivity index (χ0v) is 12.0. The number of carboxylic acid groups (broad SMARTS) is 2. The Labute approximate surface area is 125 Å². The van der Waals surface area contributed by atoms with Crippen LogP contribution in [0.15, 0.2) is 0 Å². The molecule has 0 fully saturated rings. The van der Waals surface area contributed by atoms with Crippen molar-refractivity contribution in [2.75, 3.05) is 12.3 Å². The van der Waals surface area contributed by atoms with Crippen molar-refractivity contribution in [1.29, 1.82) is 0 Å². The molecule has 2 amide bonds. The molecule has 10 nitrogen and oxygen atoms in total. The van der Waals surface area contributed by atoms with Gasteiger partial charge in [-0.1, -0.05) is 0 Å². The summed E-state index contributed by atoms with van der Waals surface area (Å²) in [6.45, 7) is -0.719. The number of nitrogens with two attached hydrogens (primary N) is 2. The lowest BCUT2D eigenvalue weighted by Crippen LogP contribution is -2.53. The fourth-order valence-electron chi connectivity index (χ4n) is 1.29. The van der Waals surface area contributed by atoms with Gasteiger partial charge < -0.3 is 21.3 Å². The molecule has 2 atom stereocenters. The van der Waals surface area contributed by atoms with Crippen LogP contribution >= 0.6 is 12.6 Å².